The number of carbonyl (C=O) groups is 1. The SMILES string of the molecule is Cc1nc2ccc(OC(=O)C34CC5CC(CC(C5)C3)C4)cc2o1. The molecule has 0 spiro atoms. The average Bonchev–Trinajstić information content (AvgIpc) is 2.85. The Hall–Kier alpha value is -1.84. The van der Waals surface area contributed by atoms with Crippen molar-refractivity contribution in [2.75, 3.05) is 0 Å². The van der Waals surface area contributed by atoms with Crippen LogP contribution in [0.15, 0.2) is 22.6 Å². The van der Waals surface area contributed by atoms with Gasteiger partial charge in [0.25, 0.3) is 0 Å². The summed E-state index contributed by atoms with van der Waals surface area (Å²) in [5, 5.41) is 0. The highest BCUT2D eigenvalue weighted by Crippen LogP contribution is 2.60. The zero-order chi connectivity index (χ0) is 15.6. The molecule has 4 heteroatoms. The second-order valence-corrected chi connectivity index (χ2v) is 7.95. The Balaban J connectivity index is 1.41. The van der Waals surface area contributed by atoms with Crippen LogP contribution in [0.1, 0.15) is 44.4 Å². The van der Waals surface area contributed by atoms with E-state index >= 15 is 0 Å². The van der Waals surface area contributed by atoms with Crippen molar-refractivity contribution in [1.82, 2.24) is 4.98 Å². The summed E-state index contributed by atoms with van der Waals surface area (Å²) in [4.78, 5) is 17.2. The van der Waals surface area contributed by atoms with E-state index < -0.39 is 0 Å². The second-order valence-electron chi connectivity index (χ2n) is 7.95. The van der Waals surface area contributed by atoms with Gasteiger partial charge in [0.2, 0.25) is 0 Å². The Labute approximate surface area is 135 Å². The van der Waals surface area contributed by atoms with Gasteiger partial charge in [-0.25, -0.2) is 4.98 Å². The van der Waals surface area contributed by atoms with Gasteiger partial charge >= 0.3 is 5.97 Å². The molecule has 4 bridgehead atoms. The van der Waals surface area contributed by atoms with Crippen LogP contribution in [0.4, 0.5) is 0 Å². The summed E-state index contributed by atoms with van der Waals surface area (Å²) < 4.78 is 11.3. The fraction of sp³-hybridized carbons (Fsp3) is 0.579. The van der Waals surface area contributed by atoms with Crippen molar-refractivity contribution >= 4 is 17.1 Å². The molecule has 0 atom stereocenters. The Morgan fingerprint density at radius 2 is 1.83 bits per heavy atom. The molecule has 0 aliphatic heterocycles. The number of benzene rings is 1. The summed E-state index contributed by atoms with van der Waals surface area (Å²) in [6.07, 6.45) is 7.08. The molecule has 4 aliphatic carbocycles. The molecule has 120 valence electrons. The summed E-state index contributed by atoms with van der Waals surface area (Å²) in [5.74, 6) is 3.42. The third kappa shape index (κ3) is 2.11. The average molecular weight is 311 g/mol. The molecule has 23 heavy (non-hydrogen) atoms. The Morgan fingerprint density at radius 3 is 2.48 bits per heavy atom. The number of rotatable bonds is 2. The van der Waals surface area contributed by atoms with Crippen molar-refractivity contribution < 1.29 is 13.9 Å². The smallest absolute Gasteiger partial charge is 0.317 e. The predicted molar refractivity (Wildman–Crippen MR) is 85.0 cm³/mol. The predicted octanol–water partition coefficient (Wildman–Crippen LogP) is 4.26. The highest BCUT2D eigenvalue weighted by molar-refractivity contribution is 5.81. The first kappa shape index (κ1) is 13.6. The summed E-state index contributed by atoms with van der Waals surface area (Å²) in [7, 11) is 0. The van der Waals surface area contributed by atoms with E-state index in [1.165, 1.54) is 19.3 Å². The zero-order valence-corrected chi connectivity index (χ0v) is 13.4. The topological polar surface area (TPSA) is 52.3 Å². The molecule has 0 amide bonds. The van der Waals surface area contributed by atoms with Crippen LogP contribution < -0.4 is 4.74 Å². The molecule has 4 nitrogen and oxygen atoms in total. The number of fused-ring (bicyclic) bond motifs is 1. The lowest BCUT2D eigenvalue weighted by atomic mass is 9.49. The van der Waals surface area contributed by atoms with Gasteiger partial charge in [-0.15, -0.1) is 0 Å². The zero-order valence-electron chi connectivity index (χ0n) is 13.4. The van der Waals surface area contributed by atoms with E-state index in [0.29, 0.717) is 17.2 Å². The van der Waals surface area contributed by atoms with Gasteiger partial charge in [-0.2, -0.15) is 0 Å². The summed E-state index contributed by atoms with van der Waals surface area (Å²) in [6, 6.07) is 5.46. The van der Waals surface area contributed by atoms with Gasteiger partial charge in [0.05, 0.1) is 5.41 Å². The van der Waals surface area contributed by atoms with Crippen LogP contribution in [-0.4, -0.2) is 11.0 Å². The molecule has 0 N–H and O–H groups in total. The van der Waals surface area contributed by atoms with Crippen molar-refractivity contribution in [3.63, 3.8) is 0 Å². The molecule has 6 rings (SSSR count). The minimum absolute atomic E-state index is 0.0211. The maximum absolute atomic E-state index is 12.9. The van der Waals surface area contributed by atoms with Crippen LogP contribution in [0, 0.1) is 30.1 Å². The Kier molecular flexibility index (Phi) is 2.71. The highest BCUT2D eigenvalue weighted by atomic mass is 16.5. The van der Waals surface area contributed by atoms with Crippen LogP contribution in [-0.2, 0) is 4.79 Å². The first-order valence-electron chi connectivity index (χ1n) is 8.69. The molecule has 1 heterocycles. The van der Waals surface area contributed by atoms with E-state index in [9.17, 15) is 4.79 Å². The molecule has 1 aromatic carbocycles. The molecule has 2 aromatic rings. The number of esters is 1. The van der Waals surface area contributed by atoms with E-state index in [1.807, 2.05) is 19.1 Å². The van der Waals surface area contributed by atoms with Gasteiger partial charge in [-0.1, -0.05) is 0 Å². The highest BCUT2D eigenvalue weighted by Gasteiger charge is 2.55. The molecule has 0 saturated heterocycles. The summed E-state index contributed by atoms with van der Waals surface area (Å²) in [5.41, 5.74) is 1.26. The fourth-order valence-electron chi connectivity index (χ4n) is 5.66. The maximum Gasteiger partial charge on any atom is 0.317 e. The standard InChI is InChI=1S/C19H21NO3/c1-11-20-16-3-2-15(7-17(16)22-11)23-18(21)19-8-12-4-13(9-19)6-14(5-12)10-19/h2-3,7,12-14H,4-6,8-10H2,1H3. The molecule has 4 aliphatic rings. The van der Waals surface area contributed by atoms with Gasteiger partial charge in [0.1, 0.15) is 11.3 Å². The van der Waals surface area contributed by atoms with Gasteiger partial charge in [-0.05, 0) is 68.4 Å². The number of oxazole rings is 1. The molecular weight excluding hydrogens is 290 g/mol. The molecule has 0 unspecified atom stereocenters. The van der Waals surface area contributed by atoms with Crippen LogP contribution in [0.3, 0.4) is 0 Å². The quantitative estimate of drug-likeness (QED) is 0.614. The number of hydrogen-bond acceptors (Lipinski definition) is 4. The molecule has 4 saturated carbocycles. The van der Waals surface area contributed by atoms with Gasteiger partial charge in [-0.3, -0.25) is 4.79 Å². The molecule has 0 radical (unpaired) electrons. The Morgan fingerprint density at radius 1 is 1.17 bits per heavy atom. The third-order valence-electron chi connectivity index (χ3n) is 6.15. The first-order chi connectivity index (χ1) is 11.1. The Bertz CT molecular complexity index is 756. The van der Waals surface area contributed by atoms with Crippen molar-refractivity contribution in [2.45, 2.75) is 45.4 Å². The van der Waals surface area contributed by atoms with E-state index in [2.05, 4.69) is 4.98 Å². The van der Waals surface area contributed by atoms with Gasteiger partial charge in [0.15, 0.2) is 11.5 Å². The largest absolute Gasteiger partial charge is 0.441 e. The van der Waals surface area contributed by atoms with Crippen molar-refractivity contribution in [2.24, 2.45) is 23.2 Å². The van der Waals surface area contributed by atoms with Crippen LogP contribution in [0.2, 0.25) is 0 Å². The molecule has 1 aromatic heterocycles. The second kappa shape index (κ2) is 4.59. The number of ether oxygens (including phenoxy) is 1. The number of hydrogen-bond donors (Lipinski definition) is 0. The summed E-state index contributed by atoms with van der Waals surface area (Å²) in [6.45, 7) is 1.82. The number of nitrogens with zero attached hydrogens (tertiary/aromatic N) is 1. The number of aromatic nitrogens is 1. The normalized spacial score (nSPS) is 34.9. The van der Waals surface area contributed by atoms with E-state index in [4.69, 9.17) is 9.15 Å². The fourth-order valence-corrected chi connectivity index (χ4v) is 5.66. The summed E-state index contributed by atoms with van der Waals surface area (Å²) >= 11 is 0. The number of carbonyl (C=O) groups excluding carboxylic acids is 1. The minimum atomic E-state index is -0.221. The van der Waals surface area contributed by atoms with Crippen molar-refractivity contribution in [1.29, 1.82) is 0 Å². The third-order valence-corrected chi connectivity index (χ3v) is 6.15. The molecular formula is C19H21NO3. The van der Waals surface area contributed by atoms with Crippen LogP contribution in [0.25, 0.3) is 11.1 Å². The molecule has 4 fully saturated rings. The van der Waals surface area contributed by atoms with E-state index in [0.717, 1.165) is 42.5 Å². The van der Waals surface area contributed by atoms with Gasteiger partial charge in [0, 0.05) is 13.0 Å². The van der Waals surface area contributed by atoms with E-state index in [1.54, 1.807) is 6.07 Å². The van der Waals surface area contributed by atoms with E-state index in [-0.39, 0.29) is 11.4 Å². The lowest BCUT2D eigenvalue weighted by molar-refractivity contribution is -0.161. The van der Waals surface area contributed by atoms with Crippen molar-refractivity contribution in [3.05, 3.63) is 24.1 Å². The number of aryl methyl sites for hydroxylation is 1. The monoisotopic (exact) mass is 311 g/mol. The van der Waals surface area contributed by atoms with Crippen LogP contribution in [0.5, 0.6) is 5.75 Å². The lowest BCUT2D eigenvalue weighted by Gasteiger charge is -2.55. The van der Waals surface area contributed by atoms with Crippen LogP contribution >= 0.6 is 0 Å². The maximum atomic E-state index is 12.9. The minimum Gasteiger partial charge on any atom is -0.441 e. The lowest BCUT2D eigenvalue weighted by Crippen LogP contribution is -2.51. The van der Waals surface area contributed by atoms with Gasteiger partial charge < -0.3 is 9.15 Å². The first-order valence-corrected chi connectivity index (χ1v) is 8.69. The van der Waals surface area contributed by atoms with Crippen molar-refractivity contribution in [3.8, 4) is 5.75 Å².